The molecule has 1 amide bonds. The maximum Gasteiger partial charge on any atom is 0.290 e. The highest BCUT2D eigenvalue weighted by Gasteiger charge is 2.35. The Balaban J connectivity index is 1.55. The monoisotopic (exact) mass is 340 g/mol. The van der Waals surface area contributed by atoms with Crippen molar-refractivity contribution in [1.29, 1.82) is 0 Å². The second-order valence-electron chi connectivity index (χ2n) is 6.40. The van der Waals surface area contributed by atoms with Crippen molar-refractivity contribution in [2.75, 3.05) is 6.54 Å². The minimum absolute atomic E-state index is 0.000878. The number of hydrogen-bond acceptors (Lipinski definition) is 5. The molecular weight excluding hydrogens is 320 g/mol. The number of likely N-dealkylation sites (tertiary alicyclic amines) is 1. The minimum atomic E-state index is -0.0839. The van der Waals surface area contributed by atoms with E-state index in [9.17, 15) is 4.79 Å². The molecule has 0 spiro atoms. The van der Waals surface area contributed by atoms with Gasteiger partial charge in [0.2, 0.25) is 0 Å². The molecule has 1 aliphatic heterocycles. The summed E-state index contributed by atoms with van der Waals surface area (Å²) in [7, 11) is 0. The number of imidazole rings is 1. The lowest BCUT2D eigenvalue weighted by molar-refractivity contribution is 0.0700. The Bertz CT molecular complexity index is 859. The molecule has 0 aromatic carbocycles. The van der Waals surface area contributed by atoms with Crippen LogP contribution in [0.3, 0.4) is 0 Å². The summed E-state index contributed by atoms with van der Waals surface area (Å²) in [5, 5.41) is 4.03. The predicted octanol–water partition coefficient (Wildman–Crippen LogP) is 3.11. The number of carbonyl (C=O) groups excluding carboxylic acids is 1. The molecule has 4 heterocycles. The molecule has 1 saturated heterocycles. The molecule has 3 aromatic heterocycles. The Morgan fingerprint density at radius 1 is 1.36 bits per heavy atom. The molecule has 130 valence electrons. The van der Waals surface area contributed by atoms with Crippen LogP contribution in [0.5, 0.6) is 0 Å². The number of aryl methyl sites for hydroxylation is 2. The van der Waals surface area contributed by atoms with Crippen molar-refractivity contribution in [3.8, 4) is 0 Å². The van der Waals surface area contributed by atoms with Crippen LogP contribution in [0.2, 0.25) is 0 Å². The quantitative estimate of drug-likeness (QED) is 0.729. The summed E-state index contributed by atoms with van der Waals surface area (Å²) in [6, 6.07) is 3.59. The SMILES string of the molecule is Cc1noc(C)c1[C@H]1CCCN1C(=O)c1ccc(Cn2ccnc2)o1. The molecule has 0 aliphatic carbocycles. The highest BCUT2D eigenvalue weighted by molar-refractivity contribution is 5.92. The summed E-state index contributed by atoms with van der Waals surface area (Å²) in [5.74, 6) is 1.80. The summed E-state index contributed by atoms with van der Waals surface area (Å²) in [5.41, 5.74) is 1.87. The number of furan rings is 1. The molecule has 7 heteroatoms. The molecule has 1 aliphatic rings. The molecule has 25 heavy (non-hydrogen) atoms. The van der Waals surface area contributed by atoms with Crippen molar-refractivity contribution < 1.29 is 13.7 Å². The summed E-state index contributed by atoms with van der Waals surface area (Å²) in [6.07, 6.45) is 7.17. The number of carbonyl (C=O) groups is 1. The van der Waals surface area contributed by atoms with E-state index in [1.54, 1.807) is 18.6 Å². The molecule has 0 unspecified atom stereocenters. The molecule has 0 N–H and O–H groups in total. The van der Waals surface area contributed by atoms with E-state index in [0.717, 1.165) is 35.6 Å². The molecule has 0 bridgehead atoms. The van der Waals surface area contributed by atoms with Crippen LogP contribution >= 0.6 is 0 Å². The van der Waals surface area contributed by atoms with E-state index in [2.05, 4.69) is 10.1 Å². The fourth-order valence-electron chi connectivity index (χ4n) is 3.56. The maximum absolute atomic E-state index is 13.0. The average Bonchev–Trinajstić information content (AvgIpc) is 3.36. The van der Waals surface area contributed by atoms with Crippen LogP contribution in [0.4, 0.5) is 0 Å². The molecule has 0 radical (unpaired) electrons. The first-order valence-electron chi connectivity index (χ1n) is 8.41. The van der Waals surface area contributed by atoms with Crippen molar-refractivity contribution in [3.63, 3.8) is 0 Å². The van der Waals surface area contributed by atoms with Gasteiger partial charge in [0.25, 0.3) is 5.91 Å². The number of nitrogens with zero attached hydrogens (tertiary/aromatic N) is 4. The van der Waals surface area contributed by atoms with E-state index >= 15 is 0 Å². The van der Waals surface area contributed by atoms with Gasteiger partial charge in [0.05, 0.1) is 24.6 Å². The number of aromatic nitrogens is 3. The van der Waals surface area contributed by atoms with Gasteiger partial charge in [-0.25, -0.2) is 4.98 Å². The van der Waals surface area contributed by atoms with E-state index < -0.39 is 0 Å². The van der Waals surface area contributed by atoms with Crippen molar-refractivity contribution >= 4 is 5.91 Å². The molecule has 4 rings (SSSR count). The fraction of sp³-hybridized carbons (Fsp3) is 0.389. The predicted molar refractivity (Wildman–Crippen MR) is 89.0 cm³/mol. The molecule has 3 aromatic rings. The van der Waals surface area contributed by atoms with Crippen LogP contribution in [0, 0.1) is 13.8 Å². The first kappa shape index (κ1) is 15.7. The van der Waals surface area contributed by atoms with Gasteiger partial charge in [0, 0.05) is 24.5 Å². The van der Waals surface area contributed by atoms with Crippen molar-refractivity contribution in [2.45, 2.75) is 39.3 Å². The second kappa shape index (κ2) is 6.23. The van der Waals surface area contributed by atoms with Gasteiger partial charge in [0.1, 0.15) is 11.5 Å². The van der Waals surface area contributed by atoms with Gasteiger partial charge in [-0.1, -0.05) is 5.16 Å². The Labute approximate surface area is 145 Å². The summed E-state index contributed by atoms with van der Waals surface area (Å²) in [6.45, 7) is 5.08. The van der Waals surface area contributed by atoms with Crippen LogP contribution in [0.1, 0.15) is 52.2 Å². The third-order valence-electron chi connectivity index (χ3n) is 4.71. The zero-order chi connectivity index (χ0) is 17.4. The topological polar surface area (TPSA) is 77.3 Å². The van der Waals surface area contributed by atoms with Gasteiger partial charge in [0.15, 0.2) is 5.76 Å². The van der Waals surface area contributed by atoms with Gasteiger partial charge in [-0.3, -0.25) is 4.79 Å². The minimum Gasteiger partial charge on any atom is -0.454 e. The molecular formula is C18H20N4O3. The van der Waals surface area contributed by atoms with Crippen molar-refractivity contribution in [2.24, 2.45) is 0 Å². The third kappa shape index (κ3) is 2.86. The van der Waals surface area contributed by atoms with E-state index in [1.807, 2.05) is 35.6 Å². The van der Waals surface area contributed by atoms with Gasteiger partial charge in [-0.05, 0) is 38.8 Å². The number of rotatable bonds is 4. The van der Waals surface area contributed by atoms with E-state index in [1.165, 1.54) is 0 Å². The Hall–Kier alpha value is -2.83. The fourth-order valence-corrected chi connectivity index (χ4v) is 3.56. The lowest BCUT2D eigenvalue weighted by atomic mass is 10.0. The lowest BCUT2D eigenvalue weighted by Gasteiger charge is -2.23. The lowest BCUT2D eigenvalue weighted by Crippen LogP contribution is -2.30. The van der Waals surface area contributed by atoms with Crippen LogP contribution in [0.15, 0.2) is 39.8 Å². The summed E-state index contributed by atoms with van der Waals surface area (Å²) in [4.78, 5) is 18.8. The standard InChI is InChI=1S/C18H20N4O3/c1-12-17(13(2)25-20-12)15-4-3-8-22(15)18(23)16-6-5-14(24-16)10-21-9-7-19-11-21/h5-7,9,11,15H,3-4,8,10H2,1-2H3/t15-/m1/s1. The maximum atomic E-state index is 13.0. The van der Waals surface area contributed by atoms with Crippen LogP contribution in [0.25, 0.3) is 0 Å². The van der Waals surface area contributed by atoms with Crippen molar-refractivity contribution in [3.05, 3.63) is 59.4 Å². The molecule has 1 atom stereocenters. The summed E-state index contributed by atoms with van der Waals surface area (Å²) >= 11 is 0. The highest BCUT2D eigenvalue weighted by atomic mass is 16.5. The van der Waals surface area contributed by atoms with Crippen LogP contribution in [-0.4, -0.2) is 32.1 Å². The van der Waals surface area contributed by atoms with Crippen molar-refractivity contribution in [1.82, 2.24) is 19.6 Å². The van der Waals surface area contributed by atoms with E-state index in [-0.39, 0.29) is 11.9 Å². The Morgan fingerprint density at radius 3 is 2.96 bits per heavy atom. The average molecular weight is 340 g/mol. The first-order valence-corrected chi connectivity index (χ1v) is 8.41. The zero-order valence-corrected chi connectivity index (χ0v) is 14.3. The van der Waals surface area contributed by atoms with Gasteiger partial charge in [-0.2, -0.15) is 0 Å². The smallest absolute Gasteiger partial charge is 0.290 e. The number of hydrogen-bond donors (Lipinski definition) is 0. The Kier molecular flexibility index (Phi) is 3.91. The Morgan fingerprint density at radius 2 is 2.24 bits per heavy atom. The molecule has 0 saturated carbocycles. The van der Waals surface area contributed by atoms with Gasteiger partial charge >= 0.3 is 0 Å². The zero-order valence-electron chi connectivity index (χ0n) is 14.3. The second-order valence-corrected chi connectivity index (χ2v) is 6.40. The first-order chi connectivity index (χ1) is 12.1. The van der Waals surface area contributed by atoms with E-state index in [0.29, 0.717) is 18.8 Å². The van der Waals surface area contributed by atoms with Gasteiger partial charge in [-0.15, -0.1) is 0 Å². The molecule has 1 fully saturated rings. The highest BCUT2D eigenvalue weighted by Crippen LogP contribution is 2.36. The van der Waals surface area contributed by atoms with Crippen LogP contribution < -0.4 is 0 Å². The normalized spacial score (nSPS) is 17.4. The van der Waals surface area contributed by atoms with Gasteiger partial charge < -0.3 is 18.4 Å². The number of amides is 1. The van der Waals surface area contributed by atoms with Crippen LogP contribution in [-0.2, 0) is 6.54 Å². The largest absolute Gasteiger partial charge is 0.454 e. The van der Waals surface area contributed by atoms with E-state index in [4.69, 9.17) is 8.94 Å². The third-order valence-corrected chi connectivity index (χ3v) is 4.71. The molecule has 7 nitrogen and oxygen atoms in total. The summed E-state index contributed by atoms with van der Waals surface area (Å²) < 4.78 is 13.0.